The van der Waals surface area contributed by atoms with Crippen molar-refractivity contribution in [2.45, 2.75) is 4.90 Å². The van der Waals surface area contributed by atoms with Gasteiger partial charge in [-0.25, -0.2) is 17.5 Å². The highest BCUT2D eigenvalue weighted by Crippen LogP contribution is 2.18. The molecule has 0 fully saturated rings. The zero-order valence-corrected chi connectivity index (χ0v) is 12.7. The minimum Gasteiger partial charge on any atom is -0.472 e. The highest BCUT2D eigenvalue weighted by Gasteiger charge is 2.18. The average Bonchev–Trinajstić information content (AvgIpc) is 2.97. The predicted octanol–water partition coefficient (Wildman–Crippen LogP) is 1.78. The van der Waals surface area contributed by atoms with Crippen LogP contribution in [0.15, 0.2) is 46.1 Å². The van der Waals surface area contributed by atoms with Gasteiger partial charge < -0.3 is 9.73 Å². The summed E-state index contributed by atoms with van der Waals surface area (Å²) in [5.74, 6) is -1.34. The average molecular weight is 347 g/mol. The predicted molar refractivity (Wildman–Crippen MR) is 77.6 cm³/mol. The van der Waals surface area contributed by atoms with Crippen LogP contribution in [0.3, 0.4) is 0 Å². The van der Waals surface area contributed by atoms with E-state index in [9.17, 15) is 17.6 Å². The van der Waals surface area contributed by atoms with Crippen molar-refractivity contribution in [2.75, 3.05) is 13.1 Å². The molecule has 6 nitrogen and oxygen atoms in total. The number of sulfonamides is 1. The van der Waals surface area contributed by atoms with Crippen LogP contribution < -0.4 is 10.0 Å². The molecule has 9 heteroatoms. The standard InChI is InChI=1S/C13H12ClFN2O4S/c14-10-1-2-12(11(15)7-10)22(19,20)17-5-4-16-13(18)9-3-6-21-8-9/h1-3,6-8,17H,4-5H2,(H,16,18). The molecule has 0 atom stereocenters. The van der Waals surface area contributed by atoms with E-state index in [1.807, 2.05) is 0 Å². The first-order chi connectivity index (χ1) is 10.4. The molecular weight excluding hydrogens is 335 g/mol. The fourth-order valence-corrected chi connectivity index (χ4v) is 2.88. The number of carbonyl (C=O) groups is 1. The van der Waals surface area contributed by atoms with Crippen LogP contribution in [0, 0.1) is 5.82 Å². The highest BCUT2D eigenvalue weighted by atomic mass is 35.5. The van der Waals surface area contributed by atoms with Crippen molar-refractivity contribution in [1.82, 2.24) is 10.0 Å². The first-order valence-corrected chi connectivity index (χ1v) is 8.01. The molecule has 0 spiro atoms. The first-order valence-electron chi connectivity index (χ1n) is 6.15. The van der Waals surface area contributed by atoms with Crippen molar-refractivity contribution in [2.24, 2.45) is 0 Å². The Morgan fingerprint density at radius 2 is 2.05 bits per heavy atom. The number of amides is 1. The summed E-state index contributed by atoms with van der Waals surface area (Å²) in [5.41, 5.74) is 0.326. The normalized spacial score (nSPS) is 11.4. The largest absolute Gasteiger partial charge is 0.472 e. The number of rotatable bonds is 6. The second kappa shape index (κ2) is 6.91. The van der Waals surface area contributed by atoms with Gasteiger partial charge in [0.2, 0.25) is 10.0 Å². The molecule has 1 amide bonds. The molecule has 0 bridgehead atoms. The molecule has 2 N–H and O–H groups in total. The van der Waals surface area contributed by atoms with Gasteiger partial charge in [-0.05, 0) is 24.3 Å². The van der Waals surface area contributed by atoms with Crippen LogP contribution in [0.5, 0.6) is 0 Å². The number of furan rings is 1. The molecule has 0 radical (unpaired) electrons. The van der Waals surface area contributed by atoms with Crippen LogP contribution in [0.25, 0.3) is 0 Å². The number of carbonyl (C=O) groups excluding carboxylic acids is 1. The summed E-state index contributed by atoms with van der Waals surface area (Å²) in [6.45, 7) is -0.0492. The Morgan fingerprint density at radius 1 is 1.27 bits per heavy atom. The summed E-state index contributed by atoms with van der Waals surface area (Å²) in [5, 5.41) is 2.59. The lowest BCUT2D eigenvalue weighted by Crippen LogP contribution is -2.34. The Kier molecular flexibility index (Phi) is 5.17. The van der Waals surface area contributed by atoms with Crippen LogP contribution in [0.2, 0.25) is 5.02 Å². The first kappa shape index (κ1) is 16.5. The van der Waals surface area contributed by atoms with Gasteiger partial charge in [-0.3, -0.25) is 4.79 Å². The second-order valence-electron chi connectivity index (χ2n) is 4.24. The molecule has 1 heterocycles. The smallest absolute Gasteiger partial charge is 0.254 e. The van der Waals surface area contributed by atoms with E-state index >= 15 is 0 Å². The number of hydrogen-bond acceptors (Lipinski definition) is 4. The summed E-state index contributed by atoms with van der Waals surface area (Å²) < 4.78 is 44.4. The summed E-state index contributed by atoms with van der Waals surface area (Å²) in [6, 6.07) is 4.74. The molecule has 2 aromatic rings. The third kappa shape index (κ3) is 4.06. The van der Waals surface area contributed by atoms with Crippen molar-refractivity contribution in [3.63, 3.8) is 0 Å². The summed E-state index contributed by atoms with van der Waals surface area (Å²) in [4.78, 5) is 11.1. The molecule has 0 aliphatic carbocycles. The van der Waals surface area contributed by atoms with E-state index in [1.165, 1.54) is 24.7 Å². The van der Waals surface area contributed by atoms with Gasteiger partial charge in [0.15, 0.2) is 0 Å². The van der Waals surface area contributed by atoms with Gasteiger partial charge in [0.25, 0.3) is 5.91 Å². The number of nitrogens with one attached hydrogen (secondary N) is 2. The molecule has 1 aromatic heterocycles. The highest BCUT2D eigenvalue weighted by molar-refractivity contribution is 7.89. The van der Waals surface area contributed by atoms with Gasteiger partial charge in [0, 0.05) is 18.1 Å². The monoisotopic (exact) mass is 346 g/mol. The van der Waals surface area contributed by atoms with Crippen LogP contribution in [0.4, 0.5) is 4.39 Å². The lowest BCUT2D eigenvalue weighted by molar-refractivity contribution is 0.0953. The molecule has 0 saturated heterocycles. The van der Waals surface area contributed by atoms with Crippen molar-refractivity contribution in [3.05, 3.63) is 53.2 Å². The van der Waals surface area contributed by atoms with Crippen LogP contribution in [-0.2, 0) is 10.0 Å². The molecule has 0 unspecified atom stereocenters. The minimum absolute atomic E-state index is 0.0401. The fraction of sp³-hybridized carbons (Fsp3) is 0.154. The molecule has 1 aromatic carbocycles. The lowest BCUT2D eigenvalue weighted by Gasteiger charge is -2.08. The Morgan fingerprint density at radius 3 is 2.68 bits per heavy atom. The molecule has 2 rings (SSSR count). The Labute approximate surface area is 131 Å². The molecular formula is C13H12ClFN2O4S. The van der Waals surface area contributed by atoms with E-state index < -0.39 is 26.6 Å². The molecule has 22 heavy (non-hydrogen) atoms. The van der Waals surface area contributed by atoms with E-state index in [0.29, 0.717) is 5.56 Å². The maximum atomic E-state index is 13.6. The number of benzene rings is 1. The van der Waals surface area contributed by atoms with Crippen molar-refractivity contribution in [3.8, 4) is 0 Å². The van der Waals surface area contributed by atoms with Gasteiger partial charge >= 0.3 is 0 Å². The van der Waals surface area contributed by atoms with E-state index in [-0.39, 0.29) is 18.1 Å². The molecule has 0 aliphatic heterocycles. The van der Waals surface area contributed by atoms with E-state index in [4.69, 9.17) is 16.0 Å². The molecule has 118 valence electrons. The Bertz CT molecular complexity index is 762. The SMILES string of the molecule is O=C(NCCNS(=O)(=O)c1ccc(Cl)cc1F)c1ccoc1. The fourth-order valence-electron chi connectivity index (χ4n) is 1.63. The Hall–Kier alpha value is -1.90. The van der Waals surface area contributed by atoms with E-state index in [2.05, 4.69) is 10.0 Å². The molecule has 0 aliphatic rings. The van der Waals surface area contributed by atoms with Gasteiger partial charge in [0.05, 0.1) is 11.8 Å². The van der Waals surface area contributed by atoms with Crippen molar-refractivity contribution in [1.29, 1.82) is 0 Å². The lowest BCUT2D eigenvalue weighted by atomic mass is 10.3. The third-order valence-corrected chi connectivity index (χ3v) is 4.40. The zero-order valence-electron chi connectivity index (χ0n) is 11.2. The van der Waals surface area contributed by atoms with Gasteiger partial charge in [0.1, 0.15) is 17.0 Å². The summed E-state index contributed by atoms with van der Waals surface area (Å²) in [6.07, 6.45) is 2.61. The summed E-state index contributed by atoms with van der Waals surface area (Å²) in [7, 11) is -4.01. The van der Waals surface area contributed by atoms with Crippen LogP contribution in [-0.4, -0.2) is 27.4 Å². The third-order valence-electron chi connectivity index (χ3n) is 2.67. The Balaban J connectivity index is 1.89. The van der Waals surface area contributed by atoms with Gasteiger partial charge in [-0.1, -0.05) is 11.6 Å². The number of halogens is 2. The number of hydrogen-bond donors (Lipinski definition) is 2. The quantitative estimate of drug-likeness (QED) is 0.780. The maximum Gasteiger partial charge on any atom is 0.254 e. The van der Waals surface area contributed by atoms with Crippen LogP contribution >= 0.6 is 11.6 Å². The summed E-state index contributed by atoms with van der Waals surface area (Å²) >= 11 is 5.57. The van der Waals surface area contributed by atoms with Crippen LogP contribution in [0.1, 0.15) is 10.4 Å². The van der Waals surface area contributed by atoms with Crippen molar-refractivity contribution >= 4 is 27.5 Å². The minimum atomic E-state index is -4.01. The second-order valence-corrected chi connectivity index (χ2v) is 6.41. The molecule has 0 saturated carbocycles. The zero-order chi connectivity index (χ0) is 16.2. The van der Waals surface area contributed by atoms with E-state index in [0.717, 1.165) is 12.1 Å². The van der Waals surface area contributed by atoms with Gasteiger partial charge in [-0.2, -0.15) is 0 Å². The van der Waals surface area contributed by atoms with Crippen molar-refractivity contribution < 1.29 is 22.0 Å². The maximum absolute atomic E-state index is 13.6. The van der Waals surface area contributed by atoms with Gasteiger partial charge in [-0.15, -0.1) is 0 Å². The van der Waals surface area contributed by atoms with E-state index in [1.54, 1.807) is 0 Å². The topological polar surface area (TPSA) is 88.4 Å².